The molecule has 5 heteroatoms. The highest BCUT2D eigenvalue weighted by atomic mass is 16.2. The molecule has 1 atom stereocenters. The fourth-order valence-electron chi connectivity index (χ4n) is 4.14. The van der Waals surface area contributed by atoms with E-state index in [0.717, 1.165) is 23.0 Å². The Hall–Kier alpha value is -2.30. The molecule has 0 bridgehead atoms. The van der Waals surface area contributed by atoms with Gasteiger partial charge in [0, 0.05) is 43.2 Å². The highest BCUT2D eigenvalue weighted by molar-refractivity contribution is 5.89. The predicted octanol–water partition coefficient (Wildman–Crippen LogP) is 3.21. The van der Waals surface area contributed by atoms with Gasteiger partial charge in [-0.25, -0.2) is 0 Å². The van der Waals surface area contributed by atoms with Gasteiger partial charge >= 0.3 is 0 Å². The van der Waals surface area contributed by atoms with Crippen molar-refractivity contribution in [2.45, 2.75) is 45.6 Å². The van der Waals surface area contributed by atoms with E-state index in [-0.39, 0.29) is 17.9 Å². The highest BCUT2D eigenvalue weighted by Crippen LogP contribution is 2.32. The lowest BCUT2D eigenvalue weighted by molar-refractivity contribution is -0.134. The van der Waals surface area contributed by atoms with E-state index in [1.807, 2.05) is 29.3 Å². The number of para-hydroxylation sites is 1. The average Bonchev–Trinajstić information content (AvgIpc) is 3.41. The summed E-state index contributed by atoms with van der Waals surface area (Å²) >= 11 is 0. The normalized spacial score (nSPS) is 21.1. The fraction of sp³-hybridized carbons (Fsp3) is 0.545. The maximum absolute atomic E-state index is 13.1. The highest BCUT2D eigenvalue weighted by Gasteiger charge is 2.36. The Labute approximate surface area is 160 Å². The Morgan fingerprint density at radius 3 is 2.78 bits per heavy atom. The Morgan fingerprint density at radius 1 is 1.26 bits per heavy atom. The third-order valence-corrected chi connectivity index (χ3v) is 6.01. The minimum atomic E-state index is 0.117. The molecule has 1 aromatic carbocycles. The van der Waals surface area contributed by atoms with Crippen LogP contribution in [0.25, 0.3) is 10.9 Å². The van der Waals surface area contributed by atoms with Crippen LogP contribution < -0.4 is 0 Å². The first-order valence-electron chi connectivity index (χ1n) is 10.1. The molecule has 1 unspecified atom stereocenters. The van der Waals surface area contributed by atoms with Crippen LogP contribution in [0.1, 0.15) is 38.7 Å². The summed E-state index contributed by atoms with van der Waals surface area (Å²) in [5.41, 5.74) is 2.09. The molecule has 2 amide bonds. The number of aromatic amines is 1. The van der Waals surface area contributed by atoms with E-state index in [1.165, 1.54) is 12.8 Å². The monoisotopic (exact) mass is 367 g/mol. The van der Waals surface area contributed by atoms with Gasteiger partial charge in [0.25, 0.3) is 0 Å². The van der Waals surface area contributed by atoms with Crippen LogP contribution in [0, 0.1) is 11.8 Å². The molecule has 2 fully saturated rings. The van der Waals surface area contributed by atoms with E-state index in [0.29, 0.717) is 37.8 Å². The second kappa shape index (κ2) is 7.37. The molecule has 1 aliphatic heterocycles. The number of hydrogen-bond acceptors (Lipinski definition) is 2. The number of nitrogens with one attached hydrogen (secondary N) is 1. The van der Waals surface area contributed by atoms with Gasteiger partial charge in [-0.05, 0) is 36.3 Å². The fourth-order valence-corrected chi connectivity index (χ4v) is 4.14. The van der Waals surface area contributed by atoms with Crippen LogP contribution in [0.3, 0.4) is 0 Å². The van der Waals surface area contributed by atoms with Crippen molar-refractivity contribution in [3.8, 4) is 0 Å². The summed E-state index contributed by atoms with van der Waals surface area (Å²) in [6.07, 6.45) is 5.22. The summed E-state index contributed by atoms with van der Waals surface area (Å²) < 4.78 is 0. The molecular formula is C22H29N3O2. The number of carbonyl (C=O) groups excluding carboxylic acids is 2. The van der Waals surface area contributed by atoms with Gasteiger partial charge in [-0.2, -0.15) is 0 Å². The Kier molecular flexibility index (Phi) is 4.94. The zero-order chi connectivity index (χ0) is 19.0. The van der Waals surface area contributed by atoms with E-state index >= 15 is 0 Å². The van der Waals surface area contributed by atoms with Gasteiger partial charge in [-0.1, -0.05) is 32.0 Å². The first-order valence-corrected chi connectivity index (χ1v) is 10.1. The van der Waals surface area contributed by atoms with Gasteiger partial charge in [-0.3, -0.25) is 9.59 Å². The van der Waals surface area contributed by atoms with Crippen molar-refractivity contribution in [1.82, 2.24) is 14.8 Å². The lowest BCUT2D eigenvalue weighted by Crippen LogP contribution is -2.48. The Balaban J connectivity index is 1.50. The van der Waals surface area contributed by atoms with Gasteiger partial charge in [0.15, 0.2) is 0 Å². The molecular weight excluding hydrogens is 338 g/mol. The average molecular weight is 367 g/mol. The number of amides is 2. The van der Waals surface area contributed by atoms with Crippen LogP contribution in [-0.4, -0.2) is 52.3 Å². The number of carbonyl (C=O) groups is 2. The van der Waals surface area contributed by atoms with Crippen molar-refractivity contribution in [1.29, 1.82) is 0 Å². The second-order valence-corrected chi connectivity index (χ2v) is 8.43. The number of benzene rings is 1. The number of aromatic nitrogens is 1. The van der Waals surface area contributed by atoms with Crippen molar-refractivity contribution in [2.75, 3.05) is 19.6 Å². The smallest absolute Gasteiger partial charge is 0.227 e. The number of H-pyrrole nitrogens is 1. The van der Waals surface area contributed by atoms with Crippen molar-refractivity contribution < 1.29 is 9.59 Å². The molecule has 2 aliphatic rings. The lowest BCUT2D eigenvalue weighted by Gasteiger charge is -2.34. The number of nitrogens with zero attached hydrogens (tertiary/aromatic N) is 2. The van der Waals surface area contributed by atoms with Crippen molar-refractivity contribution in [3.05, 3.63) is 36.0 Å². The molecule has 1 saturated carbocycles. The van der Waals surface area contributed by atoms with Crippen LogP contribution in [0.2, 0.25) is 0 Å². The molecule has 144 valence electrons. The maximum atomic E-state index is 13.1. The first kappa shape index (κ1) is 18.1. The Bertz CT molecular complexity index is 837. The first-order chi connectivity index (χ1) is 13.0. The number of hydrogen-bond donors (Lipinski definition) is 1. The van der Waals surface area contributed by atoms with Crippen LogP contribution in [0.4, 0.5) is 0 Å². The zero-order valence-corrected chi connectivity index (χ0v) is 16.3. The Morgan fingerprint density at radius 2 is 2.04 bits per heavy atom. The number of rotatable bonds is 5. The summed E-state index contributed by atoms with van der Waals surface area (Å²) in [5, 5.41) is 1.10. The molecule has 0 spiro atoms. The van der Waals surface area contributed by atoms with Crippen molar-refractivity contribution in [3.63, 3.8) is 0 Å². The third-order valence-electron chi connectivity index (χ3n) is 6.01. The van der Waals surface area contributed by atoms with E-state index < -0.39 is 0 Å². The van der Waals surface area contributed by atoms with Gasteiger partial charge in [0.2, 0.25) is 11.8 Å². The number of fused-ring (bicyclic) bond motifs is 1. The maximum Gasteiger partial charge on any atom is 0.227 e. The molecule has 1 aromatic heterocycles. The summed E-state index contributed by atoms with van der Waals surface area (Å²) in [5.74, 6) is 1.34. The van der Waals surface area contributed by atoms with E-state index in [2.05, 4.69) is 29.8 Å². The topological polar surface area (TPSA) is 56.4 Å². The SMILES string of the molecule is CC(C)C1CN(C(=O)Cc2c[nH]c3ccccc23)CCC(=O)N1CC1CC1. The second-order valence-electron chi connectivity index (χ2n) is 8.43. The lowest BCUT2D eigenvalue weighted by atomic mass is 10.0. The summed E-state index contributed by atoms with van der Waals surface area (Å²) in [7, 11) is 0. The summed E-state index contributed by atoms with van der Waals surface area (Å²) in [4.78, 5) is 33.0. The van der Waals surface area contributed by atoms with E-state index in [1.54, 1.807) is 0 Å². The van der Waals surface area contributed by atoms with Crippen molar-refractivity contribution >= 4 is 22.7 Å². The molecule has 27 heavy (non-hydrogen) atoms. The molecule has 1 aliphatic carbocycles. The van der Waals surface area contributed by atoms with Gasteiger partial charge in [-0.15, -0.1) is 0 Å². The van der Waals surface area contributed by atoms with Gasteiger partial charge in [0.05, 0.1) is 12.5 Å². The van der Waals surface area contributed by atoms with Crippen LogP contribution in [0.15, 0.2) is 30.5 Å². The molecule has 2 aromatic rings. The molecule has 1 saturated heterocycles. The summed E-state index contributed by atoms with van der Waals surface area (Å²) in [6.45, 7) is 6.37. The van der Waals surface area contributed by atoms with Crippen LogP contribution in [0.5, 0.6) is 0 Å². The molecule has 1 N–H and O–H groups in total. The van der Waals surface area contributed by atoms with Crippen molar-refractivity contribution in [2.24, 2.45) is 11.8 Å². The standard InChI is InChI=1S/C22H29N3O2/c1-15(2)20-14-24(10-9-21(26)25(20)13-16-7-8-16)22(27)11-17-12-23-19-6-4-3-5-18(17)19/h3-6,12,15-16,20,23H,7-11,13-14H2,1-2H3. The van der Waals surface area contributed by atoms with E-state index in [9.17, 15) is 9.59 Å². The minimum absolute atomic E-state index is 0.117. The molecule has 0 radical (unpaired) electrons. The molecule has 4 rings (SSSR count). The van der Waals surface area contributed by atoms with Crippen LogP contribution in [-0.2, 0) is 16.0 Å². The third kappa shape index (κ3) is 3.87. The summed E-state index contributed by atoms with van der Waals surface area (Å²) in [6, 6.07) is 8.19. The van der Waals surface area contributed by atoms with Crippen LogP contribution >= 0.6 is 0 Å². The van der Waals surface area contributed by atoms with E-state index in [4.69, 9.17) is 0 Å². The van der Waals surface area contributed by atoms with Gasteiger partial charge in [0.1, 0.15) is 0 Å². The molecule has 5 nitrogen and oxygen atoms in total. The largest absolute Gasteiger partial charge is 0.361 e. The predicted molar refractivity (Wildman–Crippen MR) is 106 cm³/mol. The van der Waals surface area contributed by atoms with Gasteiger partial charge < -0.3 is 14.8 Å². The minimum Gasteiger partial charge on any atom is -0.361 e. The molecule has 2 heterocycles. The zero-order valence-electron chi connectivity index (χ0n) is 16.3. The quantitative estimate of drug-likeness (QED) is 0.882.